The van der Waals surface area contributed by atoms with Crippen molar-refractivity contribution < 1.29 is 0 Å². The van der Waals surface area contributed by atoms with Crippen molar-refractivity contribution in [3.05, 3.63) is 327 Å². The maximum Gasteiger partial charge on any atom is 0.252 e. The molecule has 0 bridgehead atoms. The maximum atomic E-state index is 2.65. The molecule has 16 aromatic rings. The number of rotatable bonds is 9. The van der Waals surface area contributed by atoms with Gasteiger partial charge in [0.1, 0.15) is 0 Å². The third-order valence-corrected chi connectivity index (χ3v) is 21.7. The Kier molecular flexibility index (Phi) is 13.7. The van der Waals surface area contributed by atoms with Gasteiger partial charge in [0.25, 0.3) is 6.71 Å². The quantitative estimate of drug-likeness (QED) is 0.133. The molecule has 0 amide bonds. The molecule has 3 nitrogen and oxygen atoms in total. The Balaban J connectivity index is 0.924. The molecule has 2 aromatic heterocycles. The van der Waals surface area contributed by atoms with Gasteiger partial charge in [0.2, 0.25) is 0 Å². The minimum absolute atomic E-state index is 0.0363. The Labute approximate surface area is 572 Å². The first-order valence-electron chi connectivity index (χ1n) is 34.0. The van der Waals surface area contributed by atoms with Crippen molar-refractivity contribution in [3.8, 4) is 72.4 Å². The number of benzene rings is 14. The number of para-hydroxylation sites is 2. The van der Waals surface area contributed by atoms with E-state index in [-0.39, 0.29) is 17.5 Å². The molecule has 0 saturated heterocycles. The fourth-order valence-corrected chi connectivity index (χ4v) is 17.0. The van der Waals surface area contributed by atoms with Crippen LogP contribution in [0.5, 0.6) is 0 Å². The van der Waals surface area contributed by atoms with E-state index < -0.39 is 0 Å². The van der Waals surface area contributed by atoms with Gasteiger partial charge in [0.05, 0.1) is 22.4 Å². The monoisotopic (exact) mass is 1260 g/mol. The number of thiophene rings is 1. The highest BCUT2D eigenvalue weighted by Crippen LogP contribution is 2.54. The average molecular weight is 1260 g/mol. The Morgan fingerprint density at radius 1 is 0.289 bits per heavy atom. The minimum Gasteiger partial charge on any atom is -0.310 e. The number of aromatic nitrogens is 1. The molecule has 0 saturated carbocycles. The van der Waals surface area contributed by atoms with Gasteiger partial charge in [-0.15, -0.1) is 11.3 Å². The average Bonchev–Trinajstić information content (AvgIpc) is 1.10. The van der Waals surface area contributed by atoms with Gasteiger partial charge in [-0.25, -0.2) is 0 Å². The minimum atomic E-state index is -0.175. The molecular formula is C92H70BN3S. The van der Waals surface area contributed by atoms with Crippen molar-refractivity contribution in [1.82, 2.24) is 4.57 Å². The summed E-state index contributed by atoms with van der Waals surface area (Å²) in [6, 6.07) is 119. The van der Waals surface area contributed by atoms with Gasteiger partial charge in [-0.05, 0) is 144 Å². The Bertz CT molecular complexity index is 5590. The van der Waals surface area contributed by atoms with Crippen molar-refractivity contribution in [2.24, 2.45) is 0 Å². The summed E-state index contributed by atoms with van der Waals surface area (Å²) in [5, 5.41) is 5.16. The van der Waals surface area contributed by atoms with Gasteiger partial charge in [0, 0.05) is 81.6 Å². The highest BCUT2D eigenvalue weighted by Gasteiger charge is 2.45. The van der Waals surface area contributed by atoms with E-state index in [1.54, 1.807) is 0 Å². The lowest BCUT2D eigenvalue weighted by Gasteiger charge is -2.45. The van der Waals surface area contributed by atoms with Gasteiger partial charge < -0.3 is 14.4 Å². The zero-order valence-electron chi connectivity index (χ0n) is 55.3. The van der Waals surface area contributed by atoms with Crippen LogP contribution in [0.3, 0.4) is 0 Å². The molecule has 0 N–H and O–H groups in total. The lowest BCUT2D eigenvalue weighted by Crippen LogP contribution is -2.61. The molecule has 0 fully saturated rings. The van der Waals surface area contributed by atoms with E-state index >= 15 is 0 Å². The SMILES string of the molecule is CC(C)(C)c1ccc2c(c1)c1cc(C(C)(C)C)ccc1n2-c1ccc2c(c1)N(c1c(-c3ccccc3)cccc1-c1ccccc1)c1cccc3c1B2c1ccc(-c2ccc(-c4cccc5c4sc4ccccc45)cc2)cc1N3c1c(-c2ccccc2)cccc1-c1ccccc1. The van der Waals surface area contributed by atoms with Gasteiger partial charge in [-0.3, -0.25) is 0 Å². The zero-order valence-corrected chi connectivity index (χ0v) is 56.2. The van der Waals surface area contributed by atoms with Crippen molar-refractivity contribution >= 4 is 111 Å². The number of fused-ring (bicyclic) bond motifs is 10. The van der Waals surface area contributed by atoms with E-state index in [2.05, 4.69) is 371 Å². The third kappa shape index (κ3) is 9.61. The van der Waals surface area contributed by atoms with Crippen LogP contribution < -0.4 is 26.2 Å². The summed E-state index contributed by atoms with van der Waals surface area (Å²) in [6.07, 6.45) is 0. The van der Waals surface area contributed by atoms with Crippen LogP contribution in [0.15, 0.2) is 315 Å². The summed E-state index contributed by atoms with van der Waals surface area (Å²) in [6.45, 7) is 13.8. The van der Waals surface area contributed by atoms with Gasteiger partial charge in [-0.1, -0.05) is 296 Å². The van der Waals surface area contributed by atoms with Gasteiger partial charge >= 0.3 is 0 Å². The van der Waals surface area contributed by atoms with E-state index in [4.69, 9.17) is 0 Å². The molecule has 4 heterocycles. The first-order chi connectivity index (χ1) is 47.4. The van der Waals surface area contributed by atoms with Crippen LogP contribution in [0.2, 0.25) is 0 Å². The van der Waals surface area contributed by atoms with Crippen molar-refractivity contribution in [3.63, 3.8) is 0 Å². The first kappa shape index (κ1) is 58.4. The molecule has 0 atom stereocenters. The second kappa shape index (κ2) is 22.7. The lowest BCUT2D eigenvalue weighted by molar-refractivity contribution is 0.590. The summed E-state index contributed by atoms with van der Waals surface area (Å²) >= 11 is 1.88. The van der Waals surface area contributed by atoms with E-state index in [9.17, 15) is 0 Å². The lowest BCUT2D eigenvalue weighted by atomic mass is 9.33. The summed E-state index contributed by atoms with van der Waals surface area (Å²) in [4.78, 5) is 5.30. The molecular weight excluding hydrogens is 1190 g/mol. The summed E-state index contributed by atoms with van der Waals surface area (Å²) in [7, 11) is 0. The van der Waals surface area contributed by atoms with Gasteiger partial charge in [0.15, 0.2) is 0 Å². The predicted molar refractivity (Wildman–Crippen MR) is 418 cm³/mol. The van der Waals surface area contributed by atoms with Crippen LogP contribution in [0, 0.1) is 0 Å². The largest absolute Gasteiger partial charge is 0.310 e. The zero-order chi connectivity index (χ0) is 65.3. The topological polar surface area (TPSA) is 11.4 Å². The molecule has 5 heteroatoms. The molecule has 0 spiro atoms. The molecule has 97 heavy (non-hydrogen) atoms. The predicted octanol–water partition coefficient (Wildman–Crippen LogP) is 23.8. The van der Waals surface area contributed by atoms with Crippen molar-refractivity contribution in [1.29, 1.82) is 0 Å². The Morgan fingerprint density at radius 3 is 1.20 bits per heavy atom. The van der Waals surface area contributed by atoms with E-state index in [0.717, 1.165) is 95.4 Å². The molecule has 18 rings (SSSR count). The van der Waals surface area contributed by atoms with Crippen LogP contribution in [0.25, 0.3) is 114 Å². The van der Waals surface area contributed by atoms with E-state index in [1.807, 2.05) is 11.3 Å². The third-order valence-electron chi connectivity index (χ3n) is 20.5. The molecule has 2 aliphatic heterocycles. The van der Waals surface area contributed by atoms with Crippen molar-refractivity contribution in [2.45, 2.75) is 52.4 Å². The second-order valence-electron chi connectivity index (χ2n) is 28.4. The first-order valence-corrected chi connectivity index (χ1v) is 34.8. The molecule has 462 valence electrons. The highest BCUT2D eigenvalue weighted by atomic mass is 32.1. The Hall–Kier alpha value is -11.2. The number of nitrogens with zero attached hydrogens (tertiary/aromatic N) is 3. The molecule has 0 radical (unpaired) electrons. The molecule has 14 aromatic carbocycles. The van der Waals surface area contributed by atoms with Crippen LogP contribution in [-0.4, -0.2) is 11.3 Å². The van der Waals surface area contributed by atoms with Gasteiger partial charge in [-0.2, -0.15) is 0 Å². The van der Waals surface area contributed by atoms with E-state index in [0.29, 0.717) is 0 Å². The summed E-state index contributed by atoms with van der Waals surface area (Å²) in [5.74, 6) is 0. The standard InChI is InChI=1S/C92H70BN3S/c1-91(2,3)66-48-53-80-76(56-66)77-57-67(92(4,5)6)49-54-81(77)94(80)68-50-52-79-85(58-68)96(89-71(62-29-15-9-16-30-62)36-22-37-72(89)63-31-17-10-18-32-63)83-41-24-40-82-87(83)93(79)78-51-47-65(59-43-45-64(46-44-59)73-38-23-39-75-74-33-19-20-42-86(74)97-90(73)75)55-84(78)95(82)88-69(60-25-11-7-12-26-60)34-21-35-70(88)61-27-13-8-14-28-61/h7-58H,1-6H3. The fraction of sp³-hybridized carbons (Fsp3) is 0.0870. The highest BCUT2D eigenvalue weighted by molar-refractivity contribution is 7.26. The smallest absolute Gasteiger partial charge is 0.252 e. The normalized spacial score (nSPS) is 12.8. The van der Waals surface area contributed by atoms with Crippen LogP contribution in [-0.2, 0) is 10.8 Å². The fourth-order valence-electron chi connectivity index (χ4n) is 15.7. The van der Waals surface area contributed by atoms with Crippen LogP contribution >= 0.6 is 11.3 Å². The molecule has 2 aliphatic rings. The summed E-state index contributed by atoms with van der Waals surface area (Å²) < 4.78 is 5.17. The van der Waals surface area contributed by atoms with E-state index in [1.165, 1.54) is 80.6 Å². The number of anilines is 6. The Morgan fingerprint density at radius 2 is 0.691 bits per heavy atom. The number of hydrogen-bond donors (Lipinski definition) is 0. The molecule has 0 unspecified atom stereocenters. The second-order valence-corrected chi connectivity index (χ2v) is 29.4. The molecule has 0 aliphatic carbocycles. The van der Waals surface area contributed by atoms with Crippen molar-refractivity contribution in [2.75, 3.05) is 9.80 Å². The summed E-state index contributed by atoms with van der Waals surface area (Å²) in [5.41, 5.74) is 30.7. The maximum absolute atomic E-state index is 2.65. The number of hydrogen-bond acceptors (Lipinski definition) is 3. The van der Waals surface area contributed by atoms with Crippen LogP contribution in [0.1, 0.15) is 52.7 Å². The van der Waals surface area contributed by atoms with Crippen LogP contribution in [0.4, 0.5) is 34.1 Å².